The van der Waals surface area contributed by atoms with Crippen LogP contribution < -0.4 is 20.1 Å². The second-order valence-electron chi connectivity index (χ2n) is 6.88. The third-order valence-electron chi connectivity index (χ3n) is 5.42. The van der Waals surface area contributed by atoms with Gasteiger partial charge in [0.15, 0.2) is 0 Å². The van der Waals surface area contributed by atoms with Crippen LogP contribution >= 0.6 is 0 Å². The average Bonchev–Trinajstić information content (AvgIpc) is 2.74. The standard InChI is InChI=1S/C22H24N2O5/c1-4-22(13-12-18(25)24-21(22)27)14-8-10-15(11-9-14)23-20(26)19-16(28-2)6-5-7-17(19)29-3/h5-11H,4,12-13H2,1-3H3,(H,23,26)(H,24,25,27)/t22-/m1/s1. The van der Waals surface area contributed by atoms with Gasteiger partial charge in [-0.25, -0.2) is 0 Å². The van der Waals surface area contributed by atoms with Gasteiger partial charge in [-0.3, -0.25) is 19.7 Å². The molecule has 7 nitrogen and oxygen atoms in total. The highest BCUT2D eigenvalue weighted by Crippen LogP contribution is 2.36. The first-order valence-electron chi connectivity index (χ1n) is 9.42. The van der Waals surface area contributed by atoms with E-state index >= 15 is 0 Å². The minimum Gasteiger partial charge on any atom is -0.496 e. The van der Waals surface area contributed by atoms with E-state index in [1.54, 1.807) is 30.3 Å². The Labute approximate surface area is 169 Å². The van der Waals surface area contributed by atoms with Crippen LogP contribution in [-0.2, 0) is 15.0 Å². The number of hydrogen-bond acceptors (Lipinski definition) is 5. The van der Waals surface area contributed by atoms with Crippen molar-refractivity contribution in [2.45, 2.75) is 31.6 Å². The molecule has 152 valence electrons. The predicted octanol–water partition coefficient (Wildman–Crippen LogP) is 3.04. The third-order valence-corrected chi connectivity index (χ3v) is 5.42. The van der Waals surface area contributed by atoms with Crippen LogP contribution in [0.15, 0.2) is 42.5 Å². The molecule has 2 N–H and O–H groups in total. The lowest BCUT2D eigenvalue weighted by atomic mass is 9.72. The number of hydrogen-bond donors (Lipinski definition) is 2. The number of piperidine rings is 1. The lowest BCUT2D eigenvalue weighted by molar-refractivity contribution is -0.138. The molecule has 0 spiro atoms. The molecule has 2 aromatic rings. The largest absolute Gasteiger partial charge is 0.496 e. The lowest BCUT2D eigenvalue weighted by Crippen LogP contribution is -2.51. The van der Waals surface area contributed by atoms with Crippen molar-refractivity contribution in [3.8, 4) is 11.5 Å². The van der Waals surface area contributed by atoms with Crippen molar-refractivity contribution in [2.24, 2.45) is 0 Å². The molecule has 0 unspecified atom stereocenters. The summed E-state index contributed by atoms with van der Waals surface area (Å²) in [5.41, 5.74) is 0.961. The summed E-state index contributed by atoms with van der Waals surface area (Å²) < 4.78 is 10.6. The number of anilines is 1. The molecule has 1 atom stereocenters. The quantitative estimate of drug-likeness (QED) is 0.732. The van der Waals surface area contributed by atoms with E-state index in [9.17, 15) is 14.4 Å². The number of benzene rings is 2. The van der Waals surface area contributed by atoms with E-state index in [4.69, 9.17) is 9.47 Å². The van der Waals surface area contributed by atoms with Gasteiger partial charge in [-0.2, -0.15) is 0 Å². The van der Waals surface area contributed by atoms with E-state index in [-0.39, 0.29) is 17.7 Å². The Kier molecular flexibility index (Phi) is 5.87. The molecule has 1 fully saturated rings. The highest BCUT2D eigenvalue weighted by Gasteiger charge is 2.42. The molecular weight excluding hydrogens is 372 g/mol. The molecule has 0 aliphatic carbocycles. The normalized spacial score (nSPS) is 18.7. The van der Waals surface area contributed by atoms with Gasteiger partial charge in [-0.05, 0) is 42.7 Å². The highest BCUT2D eigenvalue weighted by molar-refractivity contribution is 6.08. The van der Waals surface area contributed by atoms with E-state index in [1.165, 1.54) is 14.2 Å². The summed E-state index contributed by atoms with van der Waals surface area (Å²) in [6.45, 7) is 1.93. The number of amides is 3. The third kappa shape index (κ3) is 3.81. The minimum atomic E-state index is -0.734. The second-order valence-corrected chi connectivity index (χ2v) is 6.88. The zero-order valence-corrected chi connectivity index (χ0v) is 16.7. The fraction of sp³-hybridized carbons (Fsp3) is 0.318. The smallest absolute Gasteiger partial charge is 0.263 e. The van der Waals surface area contributed by atoms with Crippen molar-refractivity contribution in [1.82, 2.24) is 5.32 Å². The van der Waals surface area contributed by atoms with Crippen molar-refractivity contribution < 1.29 is 23.9 Å². The first kappa shape index (κ1) is 20.4. The molecule has 3 rings (SSSR count). The van der Waals surface area contributed by atoms with Gasteiger partial charge in [-0.15, -0.1) is 0 Å². The molecule has 0 saturated carbocycles. The molecule has 1 aliphatic heterocycles. The Balaban J connectivity index is 1.84. The Morgan fingerprint density at radius 2 is 1.69 bits per heavy atom. The fourth-order valence-corrected chi connectivity index (χ4v) is 3.71. The van der Waals surface area contributed by atoms with Crippen LogP contribution in [0.3, 0.4) is 0 Å². The summed E-state index contributed by atoms with van der Waals surface area (Å²) in [5.74, 6) is -0.0577. The van der Waals surface area contributed by atoms with Gasteiger partial charge in [0.05, 0.1) is 19.6 Å². The number of methoxy groups -OCH3 is 2. The molecule has 1 saturated heterocycles. The topological polar surface area (TPSA) is 93.7 Å². The Morgan fingerprint density at radius 3 is 2.21 bits per heavy atom. The lowest BCUT2D eigenvalue weighted by Gasteiger charge is -2.35. The molecule has 1 heterocycles. The van der Waals surface area contributed by atoms with Crippen LogP contribution in [0.1, 0.15) is 42.1 Å². The van der Waals surface area contributed by atoms with E-state index < -0.39 is 5.41 Å². The van der Waals surface area contributed by atoms with Crippen molar-refractivity contribution in [1.29, 1.82) is 0 Å². The van der Waals surface area contributed by atoms with Crippen LogP contribution in [0.2, 0.25) is 0 Å². The van der Waals surface area contributed by atoms with E-state index in [0.29, 0.717) is 42.0 Å². The van der Waals surface area contributed by atoms with Gasteiger partial charge in [0.1, 0.15) is 17.1 Å². The Bertz CT molecular complexity index is 916. The number of carbonyl (C=O) groups excluding carboxylic acids is 3. The second kappa shape index (κ2) is 8.34. The van der Waals surface area contributed by atoms with Crippen molar-refractivity contribution in [2.75, 3.05) is 19.5 Å². The van der Waals surface area contributed by atoms with Crippen LogP contribution in [0.4, 0.5) is 5.69 Å². The number of nitrogens with one attached hydrogen (secondary N) is 2. The molecular formula is C22H24N2O5. The summed E-state index contributed by atoms with van der Waals surface area (Å²) in [5, 5.41) is 5.27. The van der Waals surface area contributed by atoms with Crippen LogP contribution in [0.5, 0.6) is 11.5 Å². The summed E-state index contributed by atoms with van der Waals surface area (Å²) in [4.78, 5) is 36.8. The average molecular weight is 396 g/mol. The number of carbonyl (C=O) groups is 3. The Hall–Kier alpha value is -3.35. The molecule has 3 amide bonds. The summed E-state index contributed by atoms with van der Waals surface area (Å²) in [6.07, 6.45) is 1.36. The SMILES string of the molecule is CC[C@]1(c2ccc(NC(=O)c3c(OC)cccc3OC)cc2)CCC(=O)NC1=O. The molecule has 2 aromatic carbocycles. The zero-order chi connectivity index (χ0) is 21.0. The first-order valence-corrected chi connectivity index (χ1v) is 9.42. The maximum absolute atomic E-state index is 12.8. The van der Waals surface area contributed by atoms with Crippen molar-refractivity contribution in [3.63, 3.8) is 0 Å². The monoisotopic (exact) mass is 396 g/mol. The van der Waals surface area contributed by atoms with Crippen LogP contribution in [-0.4, -0.2) is 31.9 Å². The number of ether oxygens (including phenoxy) is 2. The predicted molar refractivity (Wildman–Crippen MR) is 108 cm³/mol. The molecule has 0 radical (unpaired) electrons. The molecule has 7 heteroatoms. The fourth-order valence-electron chi connectivity index (χ4n) is 3.71. The first-order chi connectivity index (χ1) is 13.9. The molecule has 0 aromatic heterocycles. The van der Waals surface area contributed by atoms with Gasteiger partial charge in [0.25, 0.3) is 5.91 Å². The van der Waals surface area contributed by atoms with Crippen molar-refractivity contribution in [3.05, 3.63) is 53.6 Å². The van der Waals surface area contributed by atoms with Gasteiger partial charge in [-0.1, -0.05) is 25.1 Å². The highest BCUT2D eigenvalue weighted by atomic mass is 16.5. The van der Waals surface area contributed by atoms with E-state index in [2.05, 4.69) is 10.6 Å². The molecule has 1 aliphatic rings. The summed E-state index contributed by atoms with van der Waals surface area (Å²) in [7, 11) is 2.98. The minimum absolute atomic E-state index is 0.242. The van der Waals surface area contributed by atoms with E-state index in [0.717, 1.165) is 5.56 Å². The molecule has 0 bridgehead atoms. The maximum atomic E-state index is 12.8. The number of imide groups is 1. The summed E-state index contributed by atoms with van der Waals surface area (Å²) >= 11 is 0. The molecule has 29 heavy (non-hydrogen) atoms. The van der Waals surface area contributed by atoms with Crippen molar-refractivity contribution >= 4 is 23.4 Å². The van der Waals surface area contributed by atoms with Gasteiger partial charge in [0.2, 0.25) is 11.8 Å². The van der Waals surface area contributed by atoms with E-state index in [1.807, 2.05) is 19.1 Å². The summed E-state index contributed by atoms with van der Waals surface area (Å²) in [6, 6.07) is 12.2. The van der Waals surface area contributed by atoms with Crippen LogP contribution in [0, 0.1) is 0 Å². The zero-order valence-electron chi connectivity index (χ0n) is 16.7. The van der Waals surface area contributed by atoms with Gasteiger partial charge in [0, 0.05) is 12.1 Å². The van der Waals surface area contributed by atoms with Gasteiger partial charge >= 0.3 is 0 Å². The van der Waals surface area contributed by atoms with Gasteiger partial charge < -0.3 is 14.8 Å². The van der Waals surface area contributed by atoms with Crippen LogP contribution in [0.25, 0.3) is 0 Å². The maximum Gasteiger partial charge on any atom is 0.263 e. The number of rotatable bonds is 6. The Morgan fingerprint density at radius 1 is 1.07 bits per heavy atom.